The second kappa shape index (κ2) is 13.8. The van der Waals surface area contributed by atoms with Gasteiger partial charge in [0.1, 0.15) is 0 Å². The van der Waals surface area contributed by atoms with Crippen molar-refractivity contribution in [1.29, 1.82) is 0 Å². The summed E-state index contributed by atoms with van der Waals surface area (Å²) < 4.78 is 0. The van der Waals surface area contributed by atoms with Crippen molar-refractivity contribution >= 4 is 17.1 Å². The van der Waals surface area contributed by atoms with E-state index in [4.69, 9.17) is 0 Å². The van der Waals surface area contributed by atoms with Gasteiger partial charge in [-0.05, 0) is 120 Å². The average molecular weight is 800 g/mol. The van der Waals surface area contributed by atoms with E-state index in [1.807, 2.05) is 0 Å². The molecule has 0 heterocycles. The number of hydrogen-bond donors (Lipinski definition) is 0. The fraction of sp³-hybridized carbons (Fsp3) is 0.0323. The molecule has 13 rings (SSSR count). The molecule has 10 aromatic carbocycles. The van der Waals surface area contributed by atoms with Crippen LogP contribution < -0.4 is 4.90 Å². The molecule has 0 aromatic heterocycles. The zero-order valence-corrected chi connectivity index (χ0v) is 34.6. The second-order valence-electron chi connectivity index (χ2n) is 17.1. The molecule has 294 valence electrons. The summed E-state index contributed by atoms with van der Waals surface area (Å²) in [5.74, 6) is 0. The number of fused-ring (bicyclic) bond motifs is 13. The van der Waals surface area contributed by atoms with Gasteiger partial charge in [0, 0.05) is 16.9 Å². The quantitative estimate of drug-likeness (QED) is 0.162. The van der Waals surface area contributed by atoms with E-state index >= 15 is 0 Å². The van der Waals surface area contributed by atoms with Gasteiger partial charge in [0.05, 0.1) is 16.5 Å². The summed E-state index contributed by atoms with van der Waals surface area (Å²) in [4.78, 5) is 2.54. The summed E-state index contributed by atoms with van der Waals surface area (Å²) in [7, 11) is 0. The second-order valence-corrected chi connectivity index (χ2v) is 17.1. The fourth-order valence-electron chi connectivity index (χ4n) is 11.7. The molecular weight excluding hydrogens is 759 g/mol. The van der Waals surface area contributed by atoms with Gasteiger partial charge in [0.2, 0.25) is 0 Å². The Kier molecular flexibility index (Phi) is 7.80. The Hall–Kier alpha value is -8.00. The average Bonchev–Trinajstić information content (AvgIpc) is 3.95. The number of benzene rings is 10. The van der Waals surface area contributed by atoms with Crippen LogP contribution in [0.15, 0.2) is 249 Å². The Balaban J connectivity index is 1.15. The van der Waals surface area contributed by atoms with Gasteiger partial charge in [-0.2, -0.15) is 0 Å². The van der Waals surface area contributed by atoms with E-state index in [1.54, 1.807) is 0 Å². The van der Waals surface area contributed by atoms with Crippen LogP contribution in [0.5, 0.6) is 0 Å². The van der Waals surface area contributed by atoms with Crippen LogP contribution in [0.2, 0.25) is 0 Å². The van der Waals surface area contributed by atoms with E-state index in [-0.39, 0.29) is 0 Å². The smallest absolute Gasteiger partial charge is 0.0726 e. The highest BCUT2D eigenvalue weighted by Gasteiger charge is 2.53. The largest absolute Gasteiger partial charge is 0.310 e. The molecule has 1 spiro atoms. The number of nitrogens with zero attached hydrogens (tertiary/aromatic N) is 1. The van der Waals surface area contributed by atoms with E-state index in [1.165, 1.54) is 89.0 Å². The minimum Gasteiger partial charge on any atom is -0.310 e. The van der Waals surface area contributed by atoms with E-state index < -0.39 is 10.8 Å². The number of para-hydroxylation sites is 1. The SMILES string of the molecule is c1ccc(-c2cc(N(c3ccccc3)c3ccc4c(c3)C(c3ccccc3)(c3ccccc3)c3ccccc3-4)c3c(c2)C2(c4ccccc4-c4ccccc42)c2ccccc2-3)cc1. The van der Waals surface area contributed by atoms with E-state index in [9.17, 15) is 0 Å². The van der Waals surface area contributed by atoms with Gasteiger partial charge in [-0.15, -0.1) is 0 Å². The third kappa shape index (κ3) is 4.88. The third-order valence-electron chi connectivity index (χ3n) is 14.1. The molecule has 0 saturated carbocycles. The van der Waals surface area contributed by atoms with Gasteiger partial charge < -0.3 is 4.90 Å². The van der Waals surface area contributed by atoms with E-state index in [0.717, 1.165) is 17.1 Å². The van der Waals surface area contributed by atoms with Gasteiger partial charge in [0.15, 0.2) is 0 Å². The Bertz CT molecular complexity index is 3300. The maximum Gasteiger partial charge on any atom is 0.0726 e. The molecule has 0 N–H and O–H groups in total. The van der Waals surface area contributed by atoms with Crippen LogP contribution in [-0.2, 0) is 10.8 Å². The highest BCUT2D eigenvalue weighted by molar-refractivity contribution is 6.03. The molecule has 0 radical (unpaired) electrons. The minimum atomic E-state index is -0.533. The molecule has 3 aliphatic rings. The van der Waals surface area contributed by atoms with Gasteiger partial charge in [-0.3, -0.25) is 0 Å². The summed E-state index contributed by atoms with van der Waals surface area (Å²) in [6, 6.07) is 92.8. The molecule has 1 heteroatoms. The van der Waals surface area contributed by atoms with Crippen molar-refractivity contribution in [1.82, 2.24) is 0 Å². The highest BCUT2D eigenvalue weighted by Crippen LogP contribution is 2.66. The standard InChI is InChI=1S/C62H41N/c1-5-21-42(22-6-1)43-39-58-60(52-32-16-20-36-56(52)62(58)54-34-18-14-29-48(54)49-30-15-19-35-55(49)62)59(40-43)63(46-27-11-4-12-28-46)47-37-38-51-50-31-13-17-33-53(50)61(57(51)41-47,44-23-7-2-8-24-44)45-25-9-3-10-26-45/h1-41H. The van der Waals surface area contributed by atoms with Gasteiger partial charge in [0.25, 0.3) is 0 Å². The van der Waals surface area contributed by atoms with Crippen molar-refractivity contribution in [3.63, 3.8) is 0 Å². The first-order chi connectivity index (χ1) is 31.3. The van der Waals surface area contributed by atoms with Crippen molar-refractivity contribution in [2.45, 2.75) is 10.8 Å². The van der Waals surface area contributed by atoms with Crippen LogP contribution in [0.3, 0.4) is 0 Å². The van der Waals surface area contributed by atoms with Crippen molar-refractivity contribution in [2.24, 2.45) is 0 Å². The van der Waals surface area contributed by atoms with Crippen LogP contribution in [0.4, 0.5) is 17.1 Å². The predicted octanol–water partition coefficient (Wildman–Crippen LogP) is 15.5. The first kappa shape index (κ1) is 35.7. The van der Waals surface area contributed by atoms with Crippen LogP contribution in [0, 0.1) is 0 Å². The molecular formula is C62H41N. The Morgan fingerprint density at radius 2 is 0.683 bits per heavy atom. The zero-order valence-electron chi connectivity index (χ0n) is 34.6. The monoisotopic (exact) mass is 799 g/mol. The molecule has 0 fully saturated rings. The van der Waals surface area contributed by atoms with Crippen LogP contribution in [0.25, 0.3) is 44.5 Å². The lowest BCUT2D eigenvalue weighted by Crippen LogP contribution is -2.28. The summed E-state index contributed by atoms with van der Waals surface area (Å²) in [5.41, 5.74) is 22.8. The van der Waals surface area contributed by atoms with E-state index in [2.05, 4.69) is 254 Å². The molecule has 0 unspecified atom stereocenters. The molecule has 0 bridgehead atoms. The molecule has 0 saturated heterocycles. The Morgan fingerprint density at radius 3 is 1.24 bits per heavy atom. The first-order valence-corrected chi connectivity index (χ1v) is 22.0. The first-order valence-electron chi connectivity index (χ1n) is 22.0. The maximum absolute atomic E-state index is 2.54. The van der Waals surface area contributed by atoms with Crippen LogP contribution >= 0.6 is 0 Å². The van der Waals surface area contributed by atoms with Crippen LogP contribution in [-0.4, -0.2) is 0 Å². The lowest BCUT2D eigenvalue weighted by molar-refractivity contribution is 0.768. The van der Waals surface area contributed by atoms with Gasteiger partial charge in [-0.25, -0.2) is 0 Å². The highest BCUT2D eigenvalue weighted by atomic mass is 15.1. The third-order valence-corrected chi connectivity index (χ3v) is 14.1. The van der Waals surface area contributed by atoms with Gasteiger partial charge in [-0.1, -0.05) is 212 Å². The maximum atomic E-state index is 2.54. The molecule has 10 aromatic rings. The topological polar surface area (TPSA) is 3.24 Å². The summed E-state index contributed by atoms with van der Waals surface area (Å²) in [6.45, 7) is 0. The molecule has 0 atom stereocenters. The minimum absolute atomic E-state index is 0.504. The Morgan fingerprint density at radius 1 is 0.254 bits per heavy atom. The van der Waals surface area contributed by atoms with Gasteiger partial charge >= 0.3 is 0 Å². The normalized spacial score (nSPS) is 14.0. The summed E-state index contributed by atoms with van der Waals surface area (Å²) in [5, 5.41) is 0. The van der Waals surface area contributed by atoms with Crippen molar-refractivity contribution < 1.29 is 0 Å². The lowest BCUT2D eigenvalue weighted by Gasteiger charge is -2.35. The number of hydrogen-bond acceptors (Lipinski definition) is 1. The van der Waals surface area contributed by atoms with Crippen molar-refractivity contribution in [3.8, 4) is 44.5 Å². The molecule has 0 amide bonds. The molecule has 1 nitrogen and oxygen atoms in total. The fourth-order valence-corrected chi connectivity index (χ4v) is 11.7. The van der Waals surface area contributed by atoms with E-state index in [0.29, 0.717) is 0 Å². The molecule has 3 aliphatic carbocycles. The summed E-state index contributed by atoms with van der Waals surface area (Å²) >= 11 is 0. The molecule has 0 aliphatic heterocycles. The lowest BCUT2D eigenvalue weighted by atomic mass is 9.67. The van der Waals surface area contributed by atoms with Crippen molar-refractivity contribution in [2.75, 3.05) is 4.90 Å². The van der Waals surface area contributed by atoms with Crippen molar-refractivity contribution in [3.05, 3.63) is 293 Å². The number of rotatable bonds is 6. The molecule has 63 heavy (non-hydrogen) atoms. The predicted molar refractivity (Wildman–Crippen MR) is 260 cm³/mol. The zero-order chi connectivity index (χ0) is 41.5. The number of anilines is 3. The Labute approximate surface area is 368 Å². The van der Waals surface area contributed by atoms with Crippen LogP contribution in [0.1, 0.15) is 44.5 Å². The summed E-state index contributed by atoms with van der Waals surface area (Å²) in [6.07, 6.45) is 0.